The number of ether oxygens (including phenoxy) is 2. The number of methoxy groups -OCH3 is 1. The highest BCUT2D eigenvalue weighted by Crippen LogP contribution is 2.43. The molecular weight excluding hydrogens is 392 g/mol. The number of carbonyl (C=O) groups excluding carboxylic acids is 3. The molecule has 0 spiro atoms. The van der Waals surface area contributed by atoms with Crippen LogP contribution < -0.4 is 0 Å². The van der Waals surface area contributed by atoms with Crippen LogP contribution in [0.5, 0.6) is 0 Å². The van der Waals surface area contributed by atoms with Crippen LogP contribution in [0.2, 0.25) is 0 Å². The first kappa shape index (κ1) is 22.8. The highest BCUT2D eigenvalue weighted by atomic mass is 16.6. The van der Waals surface area contributed by atoms with Crippen LogP contribution in [0.25, 0.3) is 0 Å². The summed E-state index contributed by atoms with van der Waals surface area (Å²) in [5, 5.41) is 11.3. The van der Waals surface area contributed by atoms with Gasteiger partial charge in [-0.1, -0.05) is 12.1 Å². The minimum atomic E-state index is -1.06. The quantitative estimate of drug-likeness (QED) is 0.288. The molecule has 0 amide bonds. The van der Waals surface area contributed by atoms with E-state index in [1.165, 1.54) is 23.1 Å². The average molecular weight is 416 g/mol. The Balaban J connectivity index is 2.87. The molecule has 1 aromatic rings. The van der Waals surface area contributed by atoms with Crippen molar-refractivity contribution in [3.63, 3.8) is 0 Å². The van der Waals surface area contributed by atoms with Crippen LogP contribution in [0.4, 0.5) is 5.69 Å². The number of likely N-dealkylation sites (N-methyl/N-ethyl adjacent to an activating group) is 1. The van der Waals surface area contributed by atoms with Crippen LogP contribution in [0, 0.1) is 10.1 Å². The molecule has 0 bridgehead atoms. The van der Waals surface area contributed by atoms with Gasteiger partial charge < -0.3 is 14.4 Å². The summed E-state index contributed by atoms with van der Waals surface area (Å²) in [4.78, 5) is 50.0. The van der Waals surface area contributed by atoms with Gasteiger partial charge in [-0.15, -0.1) is 0 Å². The van der Waals surface area contributed by atoms with Crippen LogP contribution in [-0.2, 0) is 23.9 Å². The molecule has 1 unspecified atom stereocenters. The van der Waals surface area contributed by atoms with Gasteiger partial charge in [0.2, 0.25) is 0 Å². The number of non-ortho nitro benzene ring substituents is 1. The third-order valence-corrected chi connectivity index (χ3v) is 4.75. The van der Waals surface area contributed by atoms with E-state index in [1.54, 1.807) is 33.8 Å². The molecule has 0 saturated carbocycles. The fourth-order valence-corrected chi connectivity index (χ4v) is 3.53. The molecule has 0 saturated heterocycles. The number of hydrogen-bond donors (Lipinski definition) is 0. The summed E-state index contributed by atoms with van der Waals surface area (Å²) in [6.45, 7) is 7.08. The summed E-state index contributed by atoms with van der Waals surface area (Å²) < 4.78 is 10.3. The van der Waals surface area contributed by atoms with Gasteiger partial charge in [0.15, 0.2) is 6.29 Å². The summed E-state index contributed by atoms with van der Waals surface area (Å²) in [5.74, 6) is -2.55. The van der Waals surface area contributed by atoms with Crippen LogP contribution in [0.3, 0.4) is 0 Å². The predicted octanol–water partition coefficient (Wildman–Crippen LogP) is 2.87. The predicted molar refractivity (Wildman–Crippen MR) is 107 cm³/mol. The van der Waals surface area contributed by atoms with E-state index in [2.05, 4.69) is 0 Å². The van der Waals surface area contributed by atoms with Crippen molar-refractivity contribution < 1.29 is 28.8 Å². The molecule has 0 N–H and O–H groups in total. The molecule has 30 heavy (non-hydrogen) atoms. The van der Waals surface area contributed by atoms with Gasteiger partial charge in [0.05, 0.1) is 40.9 Å². The lowest BCUT2D eigenvalue weighted by Crippen LogP contribution is -2.37. The molecule has 0 fully saturated rings. The number of aldehydes is 1. The van der Waals surface area contributed by atoms with Gasteiger partial charge >= 0.3 is 11.9 Å². The van der Waals surface area contributed by atoms with E-state index < -0.39 is 28.9 Å². The summed E-state index contributed by atoms with van der Waals surface area (Å²) >= 11 is 0. The molecule has 0 radical (unpaired) electrons. The molecule has 9 heteroatoms. The molecule has 1 aromatic carbocycles. The molecule has 160 valence electrons. The number of carbonyl (C=O) groups is 3. The Morgan fingerprint density at radius 1 is 1.27 bits per heavy atom. The first-order valence-corrected chi connectivity index (χ1v) is 9.39. The van der Waals surface area contributed by atoms with Crippen LogP contribution in [0.15, 0.2) is 46.8 Å². The van der Waals surface area contributed by atoms with E-state index in [4.69, 9.17) is 9.47 Å². The minimum absolute atomic E-state index is 0.0412. The normalized spacial score (nSPS) is 16.6. The molecule has 1 aliphatic heterocycles. The molecule has 0 aromatic heterocycles. The lowest BCUT2D eigenvalue weighted by Gasteiger charge is -2.36. The molecular formula is C21H24N2O7. The Morgan fingerprint density at radius 3 is 2.43 bits per heavy atom. The Kier molecular flexibility index (Phi) is 7.10. The Labute approximate surface area is 174 Å². The van der Waals surface area contributed by atoms with Crippen molar-refractivity contribution in [3.8, 4) is 0 Å². The molecule has 1 heterocycles. The topological polar surface area (TPSA) is 116 Å². The molecule has 1 atom stereocenters. The second-order valence-electron chi connectivity index (χ2n) is 6.89. The maximum absolute atomic E-state index is 13.0. The largest absolute Gasteiger partial charge is 0.466 e. The van der Waals surface area contributed by atoms with Gasteiger partial charge in [0.1, 0.15) is 0 Å². The van der Waals surface area contributed by atoms with E-state index >= 15 is 0 Å². The lowest BCUT2D eigenvalue weighted by atomic mass is 9.79. The first-order chi connectivity index (χ1) is 14.2. The lowest BCUT2D eigenvalue weighted by molar-refractivity contribution is -0.384. The summed E-state index contributed by atoms with van der Waals surface area (Å²) in [6, 6.07) is 5.58. The Hall–Kier alpha value is -3.49. The number of esters is 2. The standard InChI is InChI=1S/C21H24N2O7/c1-6-22-13(4)17(21(26)30-12(2)3)18(19(16(22)11-24)20(25)29-5)14-8-7-9-15(10-14)23(27)28/h7-12,18H,6H2,1-5H3. The van der Waals surface area contributed by atoms with Crippen molar-refractivity contribution in [2.24, 2.45) is 0 Å². The highest BCUT2D eigenvalue weighted by Gasteiger charge is 2.41. The van der Waals surface area contributed by atoms with Gasteiger partial charge in [0, 0.05) is 24.4 Å². The SMILES string of the molecule is CCN1C(C)=C(C(=O)OC(C)C)C(c2cccc([N+](=O)[O-])c2)C(C(=O)OC)=C1C=O. The summed E-state index contributed by atoms with van der Waals surface area (Å²) in [6.07, 6.45) is 0.0883. The van der Waals surface area contributed by atoms with Crippen molar-refractivity contribution in [1.29, 1.82) is 0 Å². The number of nitrogens with zero attached hydrogens (tertiary/aromatic N) is 2. The molecule has 2 rings (SSSR count). The van der Waals surface area contributed by atoms with Crippen molar-refractivity contribution in [3.05, 3.63) is 62.5 Å². The third-order valence-electron chi connectivity index (χ3n) is 4.75. The van der Waals surface area contributed by atoms with Crippen molar-refractivity contribution >= 4 is 23.9 Å². The summed E-state index contributed by atoms with van der Waals surface area (Å²) in [7, 11) is 1.16. The number of nitro groups is 1. The van der Waals surface area contributed by atoms with Crippen LogP contribution in [-0.4, -0.2) is 47.8 Å². The maximum Gasteiger partial charge on any atom is 0.337 e. The van der Waals surface area contributed by atoms with Gasteiger partial charge in [-0.3, -0.25) is 14.9 Å². The molecule has 1 aliphatic rings. The molecule has 0 aliphatic carbocycles. The van der Waals surface area contributed by atoms with Crippen LogP contribution in [0.1, 0.15) is 39.2 Å². The second kappa shape index (κ2) is 9.34. The average Bonchev–Trinajstić information content (AvgIpc) is 2.71. The zero-order valence-electron chi connectivity index (χ0n) is 17.5. The van der Waals surface area contributed by atoms with Crippen molar-refractivity contribution in [2.75, 3.05) is 13.7 Å². The number of nitro benzene ring substituents is 1. The number of rotatable bonds is 7. The van der Waals surface area contributed by atoms with Gasteiger partial charge in [-0.2, -0.15) is 0 Å². The fourth-order valence-electron chi connectivity index (χ4n) is 3.53. The van der Waals surface area contributed by atoms with E-state index in [1.807, 2.05) is 0 Å². The van der Waals surface area contributed by atoms with Gasteiger partial charge in [-0.05, 0) is 33.3 Å². The number of allylic oxidation sites excluding steroid dienone is 2. The number of hydrogen-bond acceptors (Lipinski definition) is 8. The minimum Gasteiger partial charge on any atom is -0.466 e. The van der Waals surface area contributed by atoms with Crippen molar-refractivity contribution in [1.82, 2.24) is 4.90 Å². The molecule has 9 nitrogen and oxygen atoms in total. The zero-order valence-corrected chi connectivity index (χ0v) is 17.5. The monoisotopic (exact) mass is 416 g/mol. The van der Waals surface area contributed by atoms with Crippen molar-refractivity contribution in [2.45, 2.75) is 39.7 Å². The Morgan fingerprint density at radius 2 is 1.93 bits per heavy atom. The highest BCUT2D eigenvalue weighted by molar-refractivity contribution is 6.03. The van der Waals surface area contributed by atoms with E-state index in [0.717, 1.165) is 7.11 Å². The smallest absolute Gasteiger partial charge is 0.337 e. The Bertz CT molecular complexity index is 946. The number of benzene rings is 1. The summed E-state index contributed by atoms with van der Waals surface area (Å²) in [5.41, 5.74) is 0.605. The van der Waals surface area contributed by atoms with E-state index in [0.29, 0.717) is 24.1 Å². The van der Waals surface area contributed by atoms with E-state index in [9.17, 15) is 24.5 Å². The first-order valence-electron chi connectivity index (χ1n) is 9.39. The van der Waals surface area contributed by atoms with E-state index in [-0.39, 0.29) is 22.5 Å². The zero-order chi connectivity index (χ0) is 22.6. The van der Waals surface area contributed by atoms with Gasteiger partial charge in [0.25, 0.3) is 5.69 Å². The maximum atomic E-state index is 13.0. The fraction of sp³-hybridized carbons (Fsp3) is 0.381. The van der Waals surface area contributed by atoms with Crippen LogP contribution >= 0.6 is 0 Å². The third kappa shape index (κ3) is 4.24. The second-order valence-corrected chi connectivity index (χ2v) is 6.89. The van der Waals surface area contributed by atoms with Gasteiger partial charge in [-0.25, -0.2) is 9.59 Å².